The molecule has 1 atom stereocenters. The number of amides is 8. The first-order chi connectivity index (χ1) is 29.8. The van der Waals surface area contributed by atoms with Gasteiger partial charge >= 0.3 is 0 Å². The molecule has 0 aromatic heterocycles. The number of nitrogens with zero attached hydrogens (tertiary/aromatic N) is 6. The summed E-state index contributed by atoms with van der Waals surface area (Å²) in [4.78, 5) is 113. The van der Waals surface area contributed by atoms with Crippen molar-refractivity contribution in [1.29, 1.82) is 0 Å². The van der Waals surface area contributed by atoms with Gasteiger partial charge in [0.2, 0.25) is 47.3 Å². The van der Waals surface area contributed by atoms with Crippen LogP contribution < -0.4 is 39.7 Å². The van der Waals surface area contributed by atoms with E-state index < -0.39 is 17.9 Å². The van der Waals surface area contributed by atoms with Gasteiger partial charge in [-0.05, 0) is 37.6 Å². The summed E-state index contributed by atoms with van der Waals surface area (Å²) in [5.74, 6) is -2.23. The molecule has 21 heteroatoms. The lowest BCUT2D eigenvalue weighted by atomic mass is 10.1. The van der Waals surface area contributed by atoms with Crippen LogP contribution >= 0.6 is 0 Å². The molecule has 0 saturated heterocycles. The average molecular weight is 898 g/mol. The number of hydrogen-bond donors (Lipinski definition) is 7. The van der Waals surface area contributed by atoms with E-state index in [4.69, 9.17) is 34.4 Å². The number of hydrogen-bond acceptors (Lipinski definition) is 13. The quantitative estimate of drug-likeness (QED) is 0.0322. The zero-order valence-corrected chi connectivity index (χ0v) is 39.0. The molecule has 0 fully saturated rings. The highest BCUT2D eigenvalue weighted by atomic mass is 16.2. The van der Waals surface area contributed by atoms with E-state index in [0.717, 1.165) is 0 Å². The van der Waals surface area contributed by atoms with Crippen LogP contribution in [-0.4, -0.2) is 194 Å². The minimum Gasteiger partial charge on any atom is -0.368 e. The predicted octanol–water partition coefficient (Wildman–Crippen LogP) is -2.44. The van der Waals surface area contributed by atoms with Crippen LogP contribution in [0.5, 0.6) is 0 Å². The minimum atomic E-state index is -0.841. The fraction of sp³-hybridized carbons (Fsp3) is 0.810. The Labute approximate surface area is 375 Å². The van der Waals surface area contributed by atoms with Gasteiger partial charge < -0.3 is 69.1 Å². The van der Waals surface area contributed by atoms with Gasteiger partial charge in [-0.25, -0.2) is 0 Å². The summed E-state index contributed by atoms with van der Waals surface area (Å²) >= 11 is 0. The van der Waals surface area contributed by atoms with Crippen molar-refractivity contribution >= 4 is 47.3 Å². The number of primary amides is 1. The van der Waals surface area contributed by atoms with E-state index in [1.54, 1.807) is 9.80 Å². The van der Waals surface area contributed by atoms with Crippen LogP contribution in [0, 0.1) is 11.8 Å². The van der Waals surface area contributed by atoms with Crippen LogP contribution in [0.15, 0.2) is 0 Å². The highest BCUT2D eigenvalue weighted by Gasteiger charge is 2.25. The van der Waals surface area contributed by atoms with Gasteiger partial charge in [0.05, 0.1) is 0 Å². The number of carbonyl (C=O) groups excluding carboxylic acids is 8. The van der Waals surface area contributed by atoms with Crippen molar-refractivity contribution in [3.05, 3.63) is 0 Å². The second-order valence-electron chi connectivity index (χ2n) is 16.6. The van der Waals surface area contributed by atoms with Gasteiger partial charge in [0.1, 0.15) is 6.04 Å². The van der Waals surface area contributed by atoms with E-state index in [1.807, 2.05) is 27.7 Å². The van der Waals surface area contributed by atoms with E-state index in [-0.39, 0.29) is 177 Å². The normalized spacial score (nSPS) is 11.6. The van der Waals surface area contributed by atoms with Gasteiger partial charge in [0.25, 0.3) is 0 Å². The van der Waals surface area contributed by atoms with Crippen molar-refractivity contribution in [2.75, 3.05) is 111 Å². The van der Waals surface area contributed by atoms with Crippen molar-refractivity contribution in [1.82, 2.24) is 34.7 Å². The molecular formula is C42H83N13O8. The highest BCUT2D eigenvalue weighted by Crippen LogP contribution is 2.10. The lowest BCUT2D eigenvalue weighted by Gasteiger charge is -2.29. The summed E-state index contributed by atoms with van der Waals surface area (Å²) in [6.45, 7) is 12.9. The van der Waals surface area contributed by atoms with Crippen LogP contribution in [0.25, 0.3) is 0 Å². The zero-order chi connectivity index (χ0) is 47.9. The standard InChI is InChI=1S/C42H83N13O8/c1-32(2)30-54(34(5)56)24-13-39(60)51(27-17-45)22-11-38(59)53(29-19-47)23-12-41(62)55(31-33(3)4)25-14-40(61)52(28-18-46)21-10-37(58)50(26-16-44)20-9-36(57)49-35(42(48)63)8-6-7-15-43/h32-33,35H,6-31,43-47H2,1-5H3,(H2,48,63)(H,49,57)/t35-/m0/s1. The van der Waals surface area contributed by atoms with Crippen LogP contribution in [0.3, 0.4) is 0 Å². The summed E-state index contributed by atoms with van der Waals surface area (Å²) in [7, 11) is 0. The Balaban J connectivity index is 5.47. The Morgan fingerprint density at radius 2 is 0.746 bits per heavy atom. The van der Waals surface area contributed by atoms with E-state index in [2.05, 4.69) is 5.32 Å². The first kappa shape index (κ1) is 58.6. The molecule has 63 heavy (non-hydrogen) atoms. The van der Waals surface area contributed by atoms with Crippen LogP contribution in [0.4, 0.5) is 0 Å². The van der Waals surface area contributed by atoms with Crippen LogP contribution in [-0.2, 0) is 38.4 Å². The van der Waals surface area contributed by atoms with E-state index >= 15 is 0 Å². The Morgan fingerprint density at radius 1 is 0.429 bits per heavy atom. The largest absolute Gasteiger partial charge is 0.368 e. The Morgan fingerprint density at radius 3 is 1.06 bits per heavy atom. The van der Waals surface area contributed by atoms with Crippen molar-refractivity contribution in [2.45, 2.75) is 98.4 Å². The molecule has 13 N–H and O–H groups in total. The zero-order valence-electron chi connectivity index (χ0n) is 39.0. The predicted molar refractivity (Wildman–Crippen MR) is 243 cm³/mol. The molecule has 0 aliphatic rings. The summed E-state index contributed by atoms with van der Waals surface area (Å²) in [6.07, 6.45) is 1.60. The lowest BCUT2D eigenvalue weighted by molar-refractivity contribution is -0.137. The third kappa shape index (κ3) is 26.1. The third-order valence-corrected chi connectivity index (χ3v) is 10.2. The maximum Gasteiger partial charge on any atom is 0.239 e. The molecule has 0 aliphatic heterocycles. The molecule has 21 nitrogen and oxygen atoms in total. The number of rotatable bonds is 36. The number of unbranched alkanes of at least 4 members (excludes halogenated alkanes) is 1. The molecule has 0 spiro atoms. The Hall–Kier alpha value is -4.44. The summed E-state index contributed by atoms with van der Waals surface area (Å²) in [6, 6.07) is -0.841. The molecule has 0 radical (unpaired) electrons. The maximum absolute atomic E-state index is 13.6. The molecule has 8 amide bonds. The first-order valence-electron chi connectivity index (χ1n) is 22.6. The average Bonchev–Trinajstić information content (AvgIpc) is 3.22. The van der Waals surface area contributed by atoms with Gasteiger partial charge in [0.15, 0.2) is 0 Å². The van der Waals surface area contributed by atoms with Gasteiger partial charge in [-0.15, -0.1) is 0 Å². The lowest BCUT2D eigenvalue weighted by Crippen LogP contribution is -2.46. The minimum absolute atomic E-state index is 0.00129. The van der Waals surface area contributed by atoms with E-state index in [9.17, 15) is 38.4 Å². The molecule has 364 valence electrons. The second-order valence-corrected chi connectivity index (χ2v) is 16.6. The maximum atomic E-state index is 13.6. The van der Waals surface area contributed by atoms with Crippen molar-refractivity contribution in [2.24, 2.45) is 46.2 Å². The Bertz CT molecular complexity index is 1400. The van der Waals surface area contributed by atoms with Gasteiger partial charge in [-0.2, -0.15) is 0 Å². The SMILES string of the molecule is CC(=O)N(CCC(=O)N(CCN)CCC(=O)N(CCN)CCC(=O)N(CCC(=O)N(CCN)CCC(=O)N(CCN)CCC(=O)N[C@@H](CCCCN)C(N)=O)CC(C)C)CC(C)C. The molecule has 0 unspecified atom stereocenters. The topological polar surface area (TPSA) is 324 Å². The molecule has 0 aromatic rings. The highest BCUT2D eigenvalue weighted by molar-refractivity contribution is 5.87. The molecule has 0 heterocycles. The summed E-state index contributed by atoms with van der Waals surface area (Å²) < 4.78 is 0. The summed E-state index contributed by atoms with van der Waals surface area (Å²) in [5.41, 5.74) is 34.2. The number of nitrogens with one attached hydrogen (secondary N) is 1. The second kappa shape index (κ2) is 34.0. The van der Waals surface area contributed by atoms with Crippen LogP contribution in [0.1, 0.15) is 92.4 Å². The monoisotopic (exact) mass is 898 g/mol. The number of nitrogens with two attached hydrogens (primary N) is 6. The molecule has 0 rings (SSSR count). The molecule has 0 saturated carbocycles. The molecular weight excluding hydrogens is 815 g/mol. The molecule has 0 aromatic carbocycles. The van der Waals surface area contributed by atoms with Crippen molar-refractivity contribution in [3.8, 4) is 0 Å². The third-order valence-electron chi connectivity index (χ3n) is 10.2. The smallest absolute Gasteiger partial charge is 0.239 e. The fourth-order valence-corrected chi connectivity index (χ4v) is 6.87. The fourth-order valence-electron chi connectivity index (χ4n) is 6.87. The Kier molecular flexibility index (Phi) is 31.6. The molecule has 0 bridgehead atoms. The number of carbonyl (C=O) groups is 8. The van der Waals surface area contributed by atoms with Gasteiger partial charge in [-0.3, -0.25) is 38.4 Å². The van der Waals surface area contributed by atoms with E-state index in [1.165, 1.54) is 26.5 Å². The van der Waals surface area contributed by atoms with Crippen LogP contribution in [0.2, 0.25) is 0 Å². The van der Waals surface area contributed by atoms with Crippen molar-refractivity contribution < 1.29 is 38.4 Å². The first-order valence-corrected chi connectivity index (χ1v) is 22.6. The van der Waals surface area contributed by atoms with Gasteiger partial charge in [-0.1, -0.05) is 27.7 Å². The summed E-state index contributed by atoms with van der Waals surface area (Å²) in [5, 5.41) is 2.62. The molecule has 0 aliphatic carbocycles. The van der Waals surface area contributed by atoms with E-state index in [0.29, 0.717) is 38.9 Å². The van der Waals surface area contributed by atoms with Gasteiger partial charge in [0, 0.05) is 150 Å². The van der Waals surface area contributed by atoms with Crippen molar-refractivity contribution in [3.63, 3.8) is 0 Å².